The Balaban J connectivity index is 0.00000306. The minimum atomic E-state index is -4.52. The average Bonchev–Trinajstić information content (AvgIpc) is 3.21. The minimum absolute atomic E-state index is 0. The molecule has 1 aliphatic heterocycles. The first-order chi connectivity index (χ1) is 15.3. The van der Waals surface area contributed by atoms with E-state index >= 15 is 0 Å². The fourth-order valence-electron chi connectivity index (χ4n) is 4.13. The lowest BCUT2D eigenvalue weighted by molar-refractivity contribution is -0.136. The van der Waals surface area contributed by atoms with E-state index in [9.17, 15) is 22.4 Å². The highest BCUT2D eigenvalue weighted by Gasteiger charge is 2.36. The predicted molar refractivity (Wildman–Crippen MR) is 124 cm³/mol. The molecule has 3 heterocycles. The molecule has 0 aliphatic carbocycles. The number of pyridine rings is 1. The lowest BCUT2D eigenvalue weighted by Gasteiger charge is -2.32. The zero-order valence-electron chi connectivity index (χ0n) is 17.9. The number of halogens is 5. The number of carbonyl (C=O) groups is 1. The molecule has 3 aromatic rings. The highest BCUT2D eigenvalue weighted by Crippen LogP contribution is 2.41. The Morgan fingerprint density at radius 1 is 1.21 bits per heavy atom. The molecule has 0 saturated carbocycles. The maximum absolute atomic E-state index is 13.8. The zero-order valence-corrected chi connectivity index (χ0v) is 19.5. The molecule has 178 valence electrons. The molecule has 0 unspecified atom stereocenters. The van der Waals surface area contributed by atoms with Crippen molar-refractivity contribution >= 4 is 39.9 Å². The largest absolute Gasteiger partial charge is 0.417 e. The second kappa shape index (κ2) is 10.4. The van der Waals surface area contributed by atoms with Crippen molar-refractivity contribution in [2.75, 3.05) is 26.7 Å². The Labute approximate surface area is 199 Å². The summed E-state index contributed by atoms with van der Waals surface area (Å²) in [5.74, 6) is -0.799. The Bertz CT molecular complexity index is 1110. The van der Waals surface area contributed by atoms with Crippen molar-refractivity contribution in [2.45, 2.75) is 31.4 Å². The first kappa shape index (κ1) is 25.4. The maximum atomic E-state index is 13.8. The number of piperidine rings is 1. The Morgan fingerprint density at radius 2 is 1.88 bits per heavy atom. The summed E-state index contributed by atoms with van der Waals surface area (Å²) in [6.45, 7) is 2.31. The first-order valence-electron chi connectivity index (χ1n) is 10.4. The van der Waals surface area contributed by atoms with Crippen LogP contribution in [0.2, 0.25) is 0 Å². The second-order valence-electron chi connectivity index (χ2n) is 7.99. The van der Waals surface area contributed by atoms with Crippen molar-refractivity contribution < 1.29 is 22.4 Å². The van der Waals surface area contributed by atoms with Crippen LogP contribution in [-0.2, 0) is 12.6 Å². The monoisotopic (exact) mass is 501 g/mol. The molecule has 0 atom stereocenters. The van der Waals surface area contributed by atoms with Gasteiger partial charge in [0.15, 0.2) is 0 Å². The number of hydrogen-bond donors (Lipinski definition) is 1. The Kier molecular flexibility index (Phi) is 7.97. The van der Waals surface area contributed by atoms with Crippen molar-refractivity contribution in [3.63, 3.8) is 0 Å². The summed E-state index contributed by atoms with van der Waals surface area (Å²) in [6.07, 6.45) is -2.34. The van der Waals surface area contributed by atoms with E-state index in [1.165, 1.54) is 24.6 Å². The maximum Gasteiger partial charge on any atom is 0.417 e. The van der Waals surface area contributed by atoms with Crippen LogP contribution in [0.4, 0.5) is 17.6 Å². The number of likely N-dealkylation sites (tertiary alicyclic amines) is 1. The van der Waals surface area contributed by atoms with Gasteiger partial charge in [0.25, 0.3) is 5.91 Å². The fourth-order valence-corrected chi connectivity index (χ4v) is 5.16. The number of aromatic nitrogens is 1. The minimum Gasteiger partial charge on any atom is -0.355 e. The number of carbonyl (C=O) groups excluding carboxylic acids is 1. The predicted octanol–water partition coefficient (Wildman–Crippen LogP) is 5.66. The van der Waals surface area contributed by atoms with E-state index in [1.54, 1.807) is 12.1 Å². The average molecular weight is 502 g/mol. The standard InChI is InChI=1S/C23H23F4N3OS.ClH/c1-28-22(31)17-13-32-21-18(23(25,26)27)12-19(29-20(17)21)15-7-10-30(11-8-15)9-6-14-2-4-16(24)5-3-14;/h2-5,12-13,15H,6-11H2,1H3,(H,28,31);1H. The highest BCUT2D eigenvalue weighted by molar-refractivity contribution is 7.17. The first-order valence-corrected chi connectivity index (χ1v) is 11.3. The molecule has 1 aliphatic rings. The van der Waals surface area contributed by atoms with Crippen molar-refractivity contribution in [1.29, 1.82) is 0 Å². The smallest absolute Gasteiger partial charge is 0.355 e. The fraction of sp³-hybridized carbons (Fsp3) is 0.391. The van der Waals surface area contributed by atoms with Crippen molar-refractivity contribution in [3.05, 3.63) is 63.9 Å². The summed E-state index contributed by atoms with van der Waals surface area (Å²) < 4.78 is 54.3. The van der Waals surface area contributed by atoms with E-state index < -0.39 is 17.6 Å². The van der Waals surface area contributed by atoms with Gasteiger partial charge in [0, 0.05) is 30.6 Å². The van der Waals surface area contributed by atoms with E-state index in [0.29, 0.717) is 18.5 Å². The van der Waals surface area contributed by atoms with Crippen molar-refractivity contribution in [2.24, 2.45) is 0 Å². The number of alkyl halides is 3. The third-order valence-corrected chi connectivity index (χ3v) is 6.96. The van der Waals surface area contributed by atoms with Gasteiger partial charge in [0.1, 0.15) is 5.82 Å². The van der Waals surface area contributed by atoms with E-state index in [1.807, 2.05) is 0 Å². The topological polar surface area (TPSA) is 45.2 Å². The number of amides is 1. The van der Waals surface area contributed by atoms with Crippen LogP contribution in [0.25, 0.3) is 10.2 Å². The molecule has 1 amide bonds. The van der Waals surface area contributed by atoms with Crippen molar-refractivity contribution in [3.8, 4) is 0 Å². The van der Waals surface area contributed by atoms with Gasteiger partial charge in [-0.3, -0.25) is 9.78 Å². The third kappa shape index (κ3) is 5.65. The zero-order chi connectivity index (χ0) is 22.9. The number of rotatable bonds is 5. The number of nitrogens with zero attached hydrogens (tertiary/aromatic N) is 2. The van der Waals surface area contributed by atoms with Crippen LogP contribution in [0.15, 0.2) is 35.7 Å². The number of benzene rings is 1. The van der Waals surface area contributed by atoms with Gasteiger partial charge in [-0.2, -0.15) is 13.2 Å². The summed E-state index contributed by atoms with van der Waals surface area (Å²) in [4.78, 5) is 18.9. The van der Waals surface area contributed by atoms with E-state index in [4.69, 9.17) is 0 Å². The summed E-state index contributed by atoms with van der Waals surface area (Å²) in [7, 11) is 1.45. The Morgan fingerprint density at radius 3 is 2.48 bits per heavy atom. The van der Waals surface area contributed by atoms with Gasteiger partial charge in [0.05, 0.1) is 21.3 Å². The van der Waals surface area contributed by atoms with Gasteiger partial charge in [-0.05, 0) is 56.1 Å². The summed E-state index contributed by atoms with van der Waals surface area (Å²) >= 11 is 0.897. The molecule has 1 saturated heterocycles. The second-order valence-corrected chi connectivity index (χ2v) is 8.87. The molecule has 33 heavy (non-hydrogen) atoms. The highest BCUT2D eigenvalue weighted by atomic mass is 35.5. The molecule has 4 rings (SSSR count). The van der Waals surface area contributed by atoms with Gasteiger partial charge in [-0.1, -0.05) is 12.1 Å². The lowest BCUT2D eigenvalue weighted by atomic mass is 9.91. The van der Waals surface area contributed by atoms with Crippen LogP contribution in [0, 0.1) is 5.82 Å². The molecule has 1 aromatic carbocycles. The molecule has 10 heteroatoms. The van der Waals surface area contributed by atoms with Gasteiger partial charge >= 0.3 is 6.18 Å². The third-order valence-electron chi connectivity index (χ3n) is 5.96. The number of nitrogens with one attached hydrogen (secondary N) is 1. The SMILES string of the molecule is CNC(=O)c1csc2c(C(F)(F)F)cc(C3CCN(CCc4ccc(F)cc4)CC3)nc12.Cl. The van der Waals surface area contributed by atoms with E-state index in [2.05, 4.69) is 15.2 Å². The number of hydrogen-bond acceptors (Lipinski definition) is 4. The molecule has 1 N–H and O–H groups in total. The lowest BCUT2D eigenvalue weighted by Crippen LogP contribution is -2.34. The number of thiophene rings is 1. The van der Waals surface area contributed by atoms with Crippen LogP contribution >= 0.6 is 23.7 Å². The van der Waals surface area contributed by atoms with E-state index in [0.717, 1.165) is 49.0 Å². The summed E-state index contributed by atoms with van der Waals surface area (Å²) in [5.41, 5.74) is 1.02. The van der Waals surface area contributed by atoms with Crippen LogP contribution < -0.4 is 5.32 Å². The van der Waals surface area contributed by atoms with Crippen LogP contribution in [0.5, 0.6) is 0 Å². The molecule has 0 spiro atoms. The van der Waals surface area contributed by atoms with Gasteiger partial charge in [-0.25, -0.2) is 4.39 Å². The molecular formula is C23H24ClF4N3OS. The number of fused-ring (bicyclic) bond motifs is 1. The molecule has 0 bridgehead atoms. The van der Waals surface area contributed by atoms with Gasteiger partial charge in [-0.15, -0.1) is 23.7 Å². The van der Waals surface area contributed by atoms with Gasteiger partial charge < -0.3 is 10.2 Å². The molecule has 1 fully saturated rings. The molecule has 0 radical (unpaired) electrons. The normalized spacial score (nSPS) is 15.4. The molecule has 2 aromatic heterocycles. The van der Waals surface area contributed by atoms with Crippen LogP contribution in [0.3, 0.4) is 0 Å². The molecular weight excluding hydrogens is 478 g/mol. The summed E-state index contributed by atoms with van der Waals surface area (Å²) in [5, 5.41) is 3.91. The van der Waals surface area contributed by atoms with Crippen LogP contribution in [0.1, 0.15) is 45.9 Å². The van der Waals surface area contributed by atoms with E-state index in [-0.39, 0.29) is 39.9 Å². The van der Waals surface area contributed by atoms with Gasteiger partial charge in [0.2, 0.25) is 0 Å². The molecule has 4 nitrogen and oxygen atoms in total. The summed E-state index contributed by atoms with van der Waals surface area (Å²) in [6, 6.07) is 7.58. The van der Waals surface area contributed by atoms with Crippen molar-refractivity contribution in [1.82, 2.24) is 15.2 Å². The Hall–Kier alpha value is -2.23. The van der Waals surface area contributed by atoms with Crippen LogP contribution in [-0.4, -0.2) is 42.5 Å². The quantitative estimate of drug-likeness (QED) is 0.459.